The smallest absolute Gasteiger partial charge is 0.326 e. The minimum atomic E-state index is -0.862. The number of ether oxygens (including phenoxy) is 2. The van der Waals surface area contributed by atoms with Gasteiger partial charge in [0.05, 0.1) is 19.1 Å². The van der Waals surface area contributed by atoms with Crippen LogP contribution in [0.1, 0.15) is 58.4 Å². The summed E-state index contributed by atoms with van der Waals surface area (Å²) in [7, 11) is 1.40. The third kappa shape index (κ3) is 4.61. The second kappa shape index (κ2) is 7.46. The molecular weight excluding hydrogens is 338 g/mol. The molecule has 0 aliphatic carbocycles. The Morgan fingerprint density at radius 2 is 2.08 bits per heavy atom. The third-order valence-electron chi connectivity index (χ3n) is 4.29. The Kier molecular flexibility index (Phi) is 5.94. The summed E-state index contributed by atoms with van der Waals surface area (Å²) in [6.45, 7) is 9.69. The molecule has 0 unspecified atom stereocenters. The zero-order valence-corrected chi connectivity index (χ0v) is 16.7. The molecule has 1 saturated heterocycles. The van der Waals surface area contributed by atoms with Gasteiger partial charge in [0.25, 0.3) is 0 Å². The van der Waals surface area contributed by atoms with E-state index in [0.29, 0.717) is 12.8 Å². The van der Waals surface area contributed by atoms with E-state index in [1.54, 1.807) is 11.3 Å². The number of rotatable bonds is 5. The Bertz CT molecular complexity index is 605. The topological polar surface area (TPSA) is 64.6 Å². The highest BCUT2D eigenvalue weighted by molar-refractivity contribution is 7.10. The quantitative estimate of drug-likeness (QED) is 0.804. The van der Waals surface area contributed by atoms with Gasteiger partial charge < -0.3 is 9.47 Å². The summed E-state index contributed by atoms with van der Waals surface area (Å²) in [5.74, 6) is -0.717. The lowest BCUT2D eigenvalue weighted by atomic mass is 9.84. The van der Waals surface area contributed by atoms with Gasteiger partial charge in [0, 0.05) is 4.88 Å². The van der Waals surface area contributed by atoms with Crippen LogP contribution in [-0.4, -0.2) is 30.2 Å². The summed E-state index contributed by atoms with van der Waals surface area (Å²) in [6.07, 6.45) is 0.996. The molecule has 2 heterocycles. The SMILES string of the molecule is COC(=O)[C@]1(CC(C)C)C[C@H](C(=O)OC(C)(C)C)[C@H](c2cccs2)N1. The Balaban J connectivity index is 2.38. The third-order valence-corrected chi connectivity index (χ3v) is 5.25. The molecule has 2 rings (SSSR count). The minimum absolute atomic E-state index is 0.243. The maximum Gasteiger partial charge on any atom is 0.326 e. The van der Waals surface area contributed by atoms with Crippen molar-refractivity contribution >= 4 is 23.3 Å². The predicted molar refractivity (Wildman–Crippen MR) is 98.3 cm³/mol. The molecule has 1 N–H and O–H groups in total. The highest BCUT2D eigenvalue weighted by Crippen LogP contribution is 2.44. The fourth-order valence-electron chi connectivity index (χ4n) is 3.55. The number of thiophene rings is 1. The summed E-state index contributed by atoms with van der Waals surface area (Å²) in [4.78, 5) is 26.5. The normalized spacial score (nSPS) is 26.7. The second-order valence-corrected chi connectivity index (χ2v) is 9.13. The van der Waals surface area contributed by atoms with Crippen LogP contribution in [-0.2, 0) is 19.1 Å². The number of hydrogen-bond donors (Lipinski definition) is 1. The predicted octanol–water partition coefficient (Wildman–Crippen LogP) is 3.70. The fourth-order valence-corrected chi connectivity index (χ4v) is 4.39. The molecule has 1 aromatic rings. The van der Waals surface area contributed by atoms with Crippen molar-refractivity contribution in [1.82, 2.24) is 5.32 Å². The van der Waals surface area contributed by atoms with Gasteiger partial charge in [0.2, 0.25) is 0 Å². The van der Waals surface area contributed by atoms with E-state index in [-0.39, 0.29) is 23.9 Å². The second-order valence-electron chi connectivity index (χ2n) is 8.15. The molecule has 25 heavy (non-hydrogen) atoms. The molecule has 0 amide bonds. The van der Waals surface area contributed by atoms with Crippen molar-refractivity contribution in [2.75, 3.05) is 7.11 Å². The zero-order chi connectivity index (χ0) is 18.8. The van der Waals surface area contributed by atoms with E-state index in [1.807, 2.05) is 38.3 Å². The maximum atomic E-state index is 12.8. The van der Waals surface area contributed by atoms with E-state index in [2.05, 4.69) is 19.2 Å². The molecule has 0 radical (unpaired) electrons. The van der Waals surface area contributed by atoms with E-state index in [1.165, 1.54) is 7.11 Å². The van der Waals surface area contributed by atoms with Crippen LogP contribution < -0.4 is 5.32 Å². The van der Waals surface area contributed by atoms with E-state index >= 15 is 0 Å². The van der Waals surface area contributed by atoms with Crippen molar-refractivity contribution in [2.45, 2.75) is 64.6 Å². The van der Waals surface area contributed by atoms with Gasteiger partial charge >= 0.3 is 11.9 Å². The molecule has 1 aromatic heterocycles. The van der Waals surface area contributed by atoms with E-state index in [4.69, 9.17) is 9.47 Å². The Morgan fingerprint density at radius 3 is 2.56 bits per heavy atom. The van der Waals surface area contributed by atoms with Crippen molar-refractivity contribution < 1.29 is 19.1 Å². The first-order valence-electron chi connectivity index (χ1n) is 8.70. The van der Waals surface area contributed by atoms with Crippen LogP contribution in [0.2, 0.25) is 0 Å². The first kappa shape index (κ1) is 19.9. The summed E-state index contributed by atoms with van der Waals surface area (Å²) in [5, 5.41) is 5.42. The molecule has 1 aliphatic heterocycles. The molecular formula is C19H29NO4S. The number of carbonyl (C=O) groups is 2. The standard InChI is InChI=1S/C19H29NO4S/c1-12(2)10-19(17(22)23-6)11-13(16(21)24-18(3,4)5)15(20-19)14-8-7-9-25-14/h7-9,12-13,15,20H,10-11H2,1-6H3/t13-,15+,19-/m0/s1. The van der Waals surface area contributed by atoms with Crippen molar-refractivity contribution in [3.05, 3.63) is 22.4 Å². The number of carbonyl (C=O) groups excluding carboxylic acids is 2. The van der Waals surface area contributed by atoms with E-state index in [0.717, 1.165) is 4.88 Å². The lowest BCUT2D eigenvalue weighted by Gasteiger charge is -2.29. The summed E-state index contributed by atoms with van der Waals surface area (Å²) in [6, 6.07) is 3.70. The summed E-state index contributed by atoms with van der Waals surface area (Å²) < 4.78 is 10.7. The van der Waals surface area contributed by atoms with Gasteiger partial charge in [-0.15, -0.1) is 11.3 Å². The number of esters is 2. The molecule has 5 nitrogen and oxygen atoms in total. The Labute approximate surface area is 154 Å². The molecule has 0 spiro atoms. The van der Waals surface area contributed by atoms with Crippen LogP contribution >= 0.6 is 11.3 Å². The molecule has 0 aromatic carbocycles. The zero-order valence-electron chi connectivity index (χ0n) is 15.9. The Hall–Kier alpha value is -1.40. The average Bonchev–Trinajstić information content (AvgIpc) is 3.11. The molecule has 1 fully saturated rings. The van der Waals surface area contributed by atoms with Crippen molar-refractivity contribution in [3.63, 3.8) is 0 Å². The number of methoxy groups -OCH3 is 1. The van der Waals surface area contributed by atoms with E-state index < -0.39 is 17.1 Å². The summed E-state index contributed by atoms with van der Waals surface area (Å²) in [5.41, 5.74) is -1.43. The van der Waals surface area contributed by atoms with Gasteiger partial charge in [0.15, 0.2) is 0 Å². The van der Waals surface area contributed by atoms with Gasteiger partial charge in [-0.05, 0) is 51.0 Å². The molecule has 0 saturated carbocycles. The fraction of sp³-hybridized carbons (Fsp3) is 0.684. The molecule has 140 valence electrons. The molecule has 0 bridgehead atoms. The summed E-state index contributed by atoms with van der Waals surface area (Å²) >= 11 is 1.58. The Morgan fingerprint density at radius 1 is 1.40 bits per heavy atom. The molecule has 6 heteroatoms. The van der Waals surface area contributed by atoms with Crippen molar-refractivity contribution in [3.8, 4) is 0 Å². The van der Waals surface area contributed by atoms with Crippen LogP contribution in [0.5, 0.6) is 0 Å². The minimum Gasteiger partial charge on any atom is -0.468 e. The number of hydrogen-bond acceptors (Lipinski definition) is 6. The molecule has 3 atom stereocenters. The first-order chi connectivity index (χ1) is 11.6. The van der Waals surface area contributed by atoms with Crippen LogP contribution in [0.4, 0.5) is 0 Å². The average molecular weight is 368 g/mol. The van der Waals surface area contributed by atoms with Gasteiger partial charge in [-0.3, -0.25) is 14.9 Å². The largest absolute Gasteiger partial charge is 0.468 e. The van der Waals surface area contributed by atoms with Gasteiger partial charge in [-0.25, -0.2) is 0 Å². The highest BCUT2D eigenvalue weighted by Gasteiger charge is 2.54. The lowest BCUT2D eigenvalue weighted by molar-refractivity contribution is -0.160. The highest BCUT2D eigenvalue weighted by atomic mass is 32.1. The van der Waals surface area contributed by atoms with Crippen molar-refractivity contribution in [2.24, 2.45) is 11.8 Å². The van der Waals surface area contributed by atoms with E-state index in [9.17, 15) is 9.59 Å². The van der Waals surface area contributed by atoms with Crippen LogP contribution in [0.25, 0.3) is 0 Å². The van der Waals surface area contributed by atoms with Crippen LogP contribution in [0.3, 0.4) is 0 Å². The molecule has 1 aliphatic rings. The van der Waals surface area contributed by atoms with Gasteiger partial charge in [0.1, 0.15) is 11.1 Å². The maximum absolute atomic E-state index is 12.8. The monoisotopic (exact) mass is 367 g/mol. The van der Waals surface area contributed by atoms with Crippen LogP contribution in [0, 0.1) is 11.8 Å². The number of nitrogens with one attached hydrogen (secondary N) is 1. The van der Waals surface area contributed by atoms with Crippen molar-refractivity contribution in [1.29, 1.82) is 0 Å². The lowest BCUT2D eigenvalue weighted by Crippen LogP contribution is -2.49. The van der Waals surface area contributed by atoms with Gasteiger partial charge in [-0.1, -0.05) is 19.9 Å². The van der Waals surface area contributed by atoms with Crippen LogP contribution in [0.15, 0.2) is 17.5 Å². The van der Waals surface area contributed by atoms with Gasteiger partial charge in [-0.2, -0.15) is 0 Å². The first-order valence-corrected chi connectivity index (χ1v) is 9.58.